The summed E-state index contributed by atoms with van der Waals surface area (Å²) >= 11 is 0. The summed E-state index contributed by atoms with van der Waals surface area (Å²) in [5.41, 5.74) is 2.44. The Morgan fingerprint density at radius 2 is 1.85 bits per heavy atom. The van der Waals surface area contributed by atoms with E-state index in [2.05, 4.69) is 5.32 Å². The third-order valence-corrected chi connectivity index (χ3v) is 3.07. The average Bonchev–Trinajstić information content (AvgIpc) is 2.44. The van der Waals surface area contributed by atoms with Crippen molar-refractivity contribution in [1.82, 2.24) is 5.48 Å². The smallest absolute Gasteiger partial charge is 0.243 e. The molecule has 20 heavy (non-hydrogen) atoms. The van der Waals surface area contributed by atoms with Crippen LogP contribution < -0.4 is 10.8 Å². The zero-order chi connectivity index (χ0) is 14.8. The summed E-state index contributed by atoms with van der Waals surface area (Å²) in [4.78, 5) is 22.6. The Hall–Kier alpha value is -1.88. The third kappa shape index (κ3) is 6.89. The van der Waals surface area contributed by atoms with Crippen LogP contribution in [0.1, 0.15) is 39.0 Å². The predicted octanol–water partition coefficient (Wildman–Crippen LogP) is 2.72. The molecule has 2 amide bonds. The van der Waals surface area contributed by atoms with Gasteiger partial charge in [0, 0.05) is 18.5 Å². The molecule has 110 valence electrons. The number of hydrogen-bond donors (Lipinski definition) is 3. The molecule has 0 fully saturated rings. The van der Waals surface area contributed by atoms with E-state index < -0.39 is 0 Å². The van der Waals surface area contributed by atoms with Gasteiger partial charge >= 0.3 is 0 Å². The largest absolute Gasteiger partial charge is 0.326 e. The molecule has 0 heterocycles. The topological polar surface area (TPSA) is 78.4 Å². The molecule has 0 aromatic heterocycles. The lowest BCUT2D eigenvalue weighted by atomic mass is 9.99. The van der Waals surface area contributed by atoms with Gasteiger partial charge in [-0.1, -0.05) is 38.0 Å². The summed E-state index contributed by atoms with van der Waals surface area (Å²) < 4.78 is 0. The molecule has 0 saturated carbocycles. The van der Waals surface area contributed by atoms with Crippen molar-refractivity contribution in [3.05, 3.63) is 30.3 Å². The van der Waals surface area contributed by atoms with E-state index in [9.17, 15) is 9.59 Å². The van der Waals surface area contributed by atoms with Crippen LogP contribution in [-0.2, 0) is 9.59 Å². The molecule has 5 nitrogen and oxygen atoms in total. The van der Waals surface area contributed by atoms with Gasteiger partial charge in [-0.15, -0.1) is 0 Å². The fraction of sp³-hybridized carbons (Fsp3) is 0.467. The standard InChI is InChI=1S/C15H22N2O3/c1-12(11-15(19)17-20)7-5-6-10-14(18)16-13-8-3-2-4-9-13/h2-4,8-9,12,20H,5-7,10-11H2,1H3,(H,16,18)(H,17,19). The number of para-hydroxylation sites is 1. The molecule has 0 aliphatic heterocycles. The summed E-state index contributed by atoms with van der Waals surface area (Å²) in [6.45, 7) is 1.96. The van der Waals surface area contributed by atoms with Crippen molar-refractivity contribution in [2.45, 2.75) is 39.0 Å². The van der Waals surface area contributed by atoms with Gasteiger partial charge in [0.05, 0.1) is 0 Å². The Labute approximate surface area is 119 Å². The van der Waals surface area contributed by atoms with E-state index in [4.69, 9.17) is 5.21 Å². The van der Waals surface area contributed by atoms with Crippen molar-refractivity contribution in [3.8, 4) is 0 Å². The highest BCUT2D eigenvalue weighted by molar-refractivity contribution is 5.90. The summed E-state index contributed by atoms with van der Waals surface area (Å²) in [6, 6.07) is 9.37. The quantitative estimate of drug-likeness (QED) is 0.388. The van der Waals surface area contributed by atoms with Crippen molar-refractivity contribution in [1.29, 1.82) is 0 Å². The van der Waals surface area contributed by atoms with Gasteiger partial charge in [-0.2, -0.15) is 0 Å². The second-order valence-corrected chi connectivity index (χ2v) is 5.00. The van der Waals surface area contributed by atoms with Crippen LogP contribution in [0.15, 0.2) is 30.3 Å². The molecule has 5 heteroatoms. The van der Waals surface area contributed by atoms with Gasteiger partial charge in [0.15, 0.2) is 0 Å². The zero-order valence-corrected chi connectivity index (χ0v) is 11.8. The molecule has 0 aliphatic rings. The van der Waals surface area contributed by atoms with Crippen molar-refractivity contribution >= 4 is 17.5 Å². The molecule has 0 aliphatic carbocycles. The molecule has 1 unspecified atom stereocenters. The minimum Gasteiger partial charge on any atom is -0.326 e. The monoisotopic (exact) mass is 278 g/mol. The number of unbranched alkanes of at least 4 members (excludes halogenated alkanes) is 1. The Kier molecular flexibility index (Phi) is 7.35. The molecule has 0 spiro atoms. The van der Waals surface area contributed by atoms with E-state index >= 15 is 0 Å². The number of carbonyl (C=O) groups excluding carboxylic acids is 2. The molecule has 0 radical (unpaired) electrons. The van der Waals surface area contributed by atoms with Gasteiger partial charge in [0.1, 0.15) is 0 Å². The highest BCUT2D eigenvalue weighted by Gasteiger charge is 2.08. The van der Waals surface area contributed by atoms with Crippen LogP contribution in [0.5, 0.6) is 0 Å². The van der Waals surface area contributed by atoms with Crippen LogP contribution in [0.2, 0.25) is 0 Å². The number of anilines is 1. The fourth-order valence-electron chi connectivity index (χ4n) is 1.99. The van der Waals surface area contributed by atoms with Crippen molar-refractivity contribution in [2.75, 3.05) is 5.32 Å². The minimum absolute atomic E-state index is 0.0111. The van der Waals surface area contributed by atoms with Crippen molar-refractivity contribution in [3.63, 3.8) is 0 Å². The minimum atomic E-state index is -0.362. The number of nitrogens with one attached hydrogen (secondary N) is 2. The number of benzene rings is 1. The normalized spacial score (nSPS) is 11.7. The molecular weight excluding hydrogens is 256 g/mol. The van der Waals surface area contributed by atoms with Crippen molar-refractivity contribution < 1.29 is 14.8 Å². The summed E-state index contributed by atoms with van der Waals surface area (Å²) in [6.07, 6.45) is 3.35. The molecule has 1 atom stereocenters. The fourth-order valence-corrected chi connectivity index (χ4v) is 1.99. The van der Waals surface area contributed by atoms with Crippen LogP contribution in [-0.4, -0.2) is 17.0 Å². The molecule has 1 aromatic rings. The van der Waals surface area contributed by atoms with Gasteiger partial charge in [-0.25, -0.2) is 5.48 Å². The van der Waals surface area contributed by atoms with E-state index in [1.54, 1.807) is 5.48 Å². The maximum absolute atomic E-state index is 11.7. The second kappa shape index (κ2) is 9.09. The molecule has 1 rings (SSSR count). The Morgan fingerprint density at radius 3 is 2.50 bits per heavy atom. The highest BCUT2D eigenvalue weighted by atomic mass is 16.5. The van der Waals surface area contributed by atoms with E-state index in [-0.39, 0.29) is 17.7 Å². The molecule has 0 saturated heterocycles. The number of carbonyl (C=O) groups is 2. The Bertz CT molecular complexity index is 420. The first kappa shape index (κ1) is 16.2. The first-order chi connectivity index (χ1) is 9.61. The van der Waals surface area contributed by atoms with Crippen LogP contribution in [0, 0.1) is 5.92 Å². The maximum atomic E-state index is 11.7. The van der Waals surface area contributed by atoms with Gasteiger partial charge < -0.3 is 5.32 Å². The number of hydroxylamine groups is 1. The molecule has 3 N–H and O–H groups in total. The number of hydrogen-bond acceptors (Lipinski definition) is 3. The SMILES string of the molecule is CC(CCCCC(=O)Nc1ccccc1)CC(=O)NO. The number of rotatable bonds is 8. The maximum Gasteiger partial charge on any atom is 0.243 e. The first-order valence-electron chi connectivity index (χ1n) is 6.89. The first-order valence-corrected chi connectivity index (χ1v) is 6.89. The van der Waals surface area contributed by atoms with Gasteiger partial charge in [-0.3, -0.25) is 14.8 Å². The van der Waals surface area contributed by atoms with Crippen molar-refractivity contribution in [2.24, 2.45) is 5.92 Å². The summed E-state index contributed by atoms with van der Waals surface area (Å²) in [5, 5.41) is 11.3. The number of amides is 2. The summed E-state index contributed by atoms with van der Waals surface area (Å²) in [7, 11) is 0. The lowest BCUT2D eigenvalue weighted by molar-refractivity contribution is -0.130. The van der Waals surface area contributed by atoms with Crippen LogP contribution >= 0.6 is 0 Å². The van der Waals surface area contributed by atoms with Gasteiger partial charge in [0.25, 0.3) is 0 Å². The zero-order valence-electron chi connectivity index (χ0n) is 11.8. The molecular formula is C15H22N2O3. The Balaban J connectivity index is 2.12. The molecule has 1 aromatic carbocycles. The van der Waals surface area contributed by atoms with Gasteiger partial charge in [0.2, 0.25) is 11.8 Å². The van der Waals surface area contributed by atoms with Crippen LogP contribution in [0.4, 0.5) is 5.69 Å². The van der Waals surface area contributed by atoms with E-state index in [1.165, 1.54) is 0 Å². The third-order valence-electron chi connectivity index (χ3n) is 3.07. The molecule has 0 bridgehead atoms. The highest BCUT2D eigenvalue weighted by Crippen LogP contribution is 2.13. The average molecular weight is 278 g/mol. The van der Waals surface area contributed by atoms with E-state index in [0.29, 0.717) is 12.8 Å². The van der Waals surface area contributed by atoms with Crippen LogP contribution in [0.25, 0.3) is 0 Å². The van der Waals surface area contributed by atoms with E-state index in [1.807, 2.05) is 37.3 Å². The Morgan fingerprint density at radius 1 is 1.15 bits per heavy atom. The predicted molar refractivity (Wildman–Crippen MR) is 77.2 cm³/mol. The van der Waals surface area contributed by atoms with E-state index in [0.717, 1.165) is 24.9 Å². The summed E-state index contributed by atoms with van der Waals surface area (Å²) in [5.74, 6) is -0.143. The lowest BCUT2D eigenvalue weighted by Crippen LogP contribution is -2.20. The lowest BCUT2D eigenvalue weighted by Gasteiger charge is -2.09. The second-order valence-electron chi connectivity index (χ2n) is 5.00. The van der Waals surface area contributed by atoms with Gasteiger partial charge in [-0.05, 0) is 24.5 Å². The van der Waals surface area contributed by atoms with Crippen LogP contribution in [0.3, 0.4) is 0 Å².